The van der Waals surface area contributed by atoms with Gasteiger partial charge >= 0.3 is 6.16 Å². The number of hydrogen-bond donors (Lipinski definition) is 1. The Bertz CT molecular complexity index is 1000. The van der Waals surface area contributed by atoms with E-state index >= 15 is 4.39 Å². The molecule has 1 fully saturated rings. The Morgan fingerprint density at radius 1 is 1.30 bits per heavy atom. The summed E-state index contributed by atoms with van der Waals surface area (Å²) in [5.74, 6) is -0.741. The van der Waals surface area contributed by atoms with Crippen LogP contribution in [0.2, 0.25) is 0 Å². The Kier molecular flexibility index (Phi) is 4.10. The van der Waals surface area contributed by atoms with Gasteiger partial charge in [0.1, 0.15) is 5.82 Å². The fraction of sp³-hybridized carbons (Fsp3) is 0.474. The number of benzene rings is 1. The normalized spacial score (nSPS) is 22.4. The van der Waals surface area contributed by atoms with Gasteiger partial charge in [-0.05, 0) is 33.4 Å². The van der Waals surface area contributed by atoms with Crippen molar-refractivity contribution in [1.82, 2.24) is 9.47 Å². The molecule has 0 saturated carbocycles. The quantitative estimate of drug-likeness (QED) is 0.813. The summed E-state index contributed by atoms with van der Waals surface area (Å²) >= 11 is 0. The van der Waals surface area contributed by atoms with Crippen molar-refractivity contribution in [3.05, 3.63) is 33.9 Å². The summed E-state index contributed by atoms with van der Waals surface area (Å²) in [5, 5.41) is 9.03. The molecule has 7 nitrogen and oxygen atoms in total. The molecule has 1 N–H and O–H groups in total. The van der Waals surface area contributed by atoms with Crippen LogP contribution in [-0.2, 0) is 6.42 Å². The minimum absolute atomic E-state index is 0.0234. The van der Waals surface area contributed by atoms with Crippen LogP contribution >= 0.6 is 0 Å². The third-order valence-corrected chi connectivity index (χ3v) is 5.75. The Morgan fingerprint density at radius 3 is 2.70 bits per heavy atom. The topological polar surface area (TPSA) is 75.0 Å². The van der Waals surface area contributed by atoms with E-state index in [2.05, 4.69) is 28.5 Å². The predicted octanol–water partition coefficient (Wildman–Crippen LogP) is 2.45. The molecular formula is C19H22FN3O4. The van der Waals surface area contributed by atoms with Crippen LogP contribution in [0, 0.1) is 5.82 Å². The number of likely N-dealkylation sites (N-methyl/N-ethyl adjacent to an activating group) is 1. The molecule has 1 aromatic heterocycles. The van der Waals surface area contributed by atoms with Crippen LogP contribution < -0.4 is 15.1 Å². The maximum Gasteiger partial charge on any atom is 0.511 e. The van der Waals surface area contributed by atoms with Crippen molar-refractivity contribution in [3.63, 3.8) is 0 Å². The zero-order valence-electron chi connectivity index (χ0n) is 15.5. The van der Waals surface area contributed by atoms with E-state index in [4.69, 9.17) is 5.11 Å². The molecule has 4 rings (SSSR count). The summed E-state index contributed by atoms with van der Waals surface area (Å²) < 4.78 is 21.6. The first-order valence-corrected chi connectivity index (χ1v) is 9.04. The number of nitrogens with zero attached hydrogens (tertiary/aromatic N) is 3. The van der Waals surface area contributed by atoms with Crippen LogP contribution in [0.1, 0.15) is 25.5 Å². The van der Waals surface area contributed by atoms with Crippen LogP contribution in [0.4, 0.5) is 14.9 Å². The number of aromatic nitrogens is 1. The van der Waals surface area contributed by atoms with Crippen molar-refractivity contribution in [2.75, 3.05) is 31.6 Å². The van der Waals surface area contributed by atoms with E-state index < -0.39 is 17.4 Å². The highest BCUT2D eigenvalue weighted by atomic mass is 19.1. The van der Waals surface area contributed by atoms with Gasteiger partial charge < -0.3 is 24.2 Å². The smallest absolute Gasteiger partial charge is 0.449 e. The molecule has 1 aromatic carbocycles. The van der Waals surface area contributed by atoms with Gasteiger partial charge in [0.05, 0.1) is 22.8 Å². The number of carbonyl (C=O) groups is 1. The summed E-state index contributed by atoms with van der Waals surface area (Å²) in [6.45, 7) is 6.34. The number of anilines is 1. The van der Waals surface area contributed by atoms with Crippen molar-refractivity contribution in [3.8, 4) is 5.75 Å². The highest BCUT2D eigenvalue weighted by Gasteiger charge is 2.32. The molecule has 1 saturated heterocycles. The molecule has 2 aliphatic heterocycles. The second kappa shape index (κ2) is 6.23. The third kappa shape index (κ3) is 2.75. The molecule has 0 bridgehead atoms. The van der Waals surface area contributed by atoms with Gasteiger partial charge in [0.25, 0.3) is 0 Å². The van der Waals surface area contributed by atoms with E-state index in [1.54, 1.807) is 0 Å². The minimum Gasteiger partial charge on any atom is -0.449 e. The lowest BCUT2D eigenvalue weighted by atomic mass is 10.0. The number of ether oxygens (including phenoxy) is 1. The van der Waals surface area contributed by atoms with Crippen molar-refractivity contribution in [2.45, 2.75) is 32.4 Å². The van der Waals surface area contributed by atoms with Gasteiger partial charge in [-0.2, -0.15) is 0 Å². The highest BCUT2D eigenvalue weighted by Crippen LogP contribution is 2.40. The molecule has 0 amide bonds. The van der Waals surface area contributed by atoms with Gasteiger partial charge in [0, 0.05) is 37.3 Å². The van der Waals surface area contributed by atoms with Crippen molar-refractivity contribution in [1.29, 1.82) is 0 Å². The lowest BCUT2D eigenvalue weighted by Crippen LogP contribution is -2.50. The Hall–Kier alpha value is -2.61. The number of carboxylic acid groups (broad SMARTS) is 1. The van der Waals surface area contributed by atoms with Crippen molar-refractivity contribution in [2.24, 2.45) is 0 Å². The van der Waals surface area contributed by atoms with Crippen LogP contribution in [-0.4, -0.2) is 53.5 Å². The zero-order valence-corrected chi connectivity index (χ0v) is 15.5. The zero-order chi connectivity index (χ0) is 19.5. The van der Waals surface area contributed by atoms with Gasteiger partial charge in [-0.3, -0.25) is 4.79 Å². The molecule has 2 unspecified atom stereocenters. The molecule has 144 valence electrons. The lowest BCUT2D eigenvalue weighted by molar-refractivity contribution is 0.143. The minimum atomic E-state index is -1.56. The first-order chi connectivity index (χ1) is 12.8. The van der Waals surface area contributed by atoms with E-state index in [1.807, 2.05) is 11.5 Å². The Morgan fingerprint density at radius 2 is 2.04 bits per heavy atom. The summed E-state index contributed by atoms with van der Waals surface area (Å²) in [7, 11) is 2.06. The molecular weight excluding hydrogens is 353 g/mol. The van der Waals surface area contributed by atoms with E-state index in [0.717, 1.165) is 18.7 Å². The number of piperazine rings is 1. The second-order valence-corrected chi connectivity index (χ2v) is 7.51. The maximum atomic E-state index is 15.1. The number of pyridine rings is 1. The molecule has 0 radical (unpaired) electrons. The molecule has 2 aliphatic rings. The molecule has 3 heterocycles. The van der Waals surface area contributed by atoms with Gasteiger partial charge in [-0.1, -0.05) is 0 Å². The number of hydrogen-bond acceptors (Lipinski definition) is 5. The van der Waals surface area contributed by atoms with Gasteiger partial charge in [0.2, 0.25) is 5.43 Å². The fourth-order valence-electron chi connectivity index (χ4n) is 4.23. The van der Waals surface area contributed by atoms with E-state index in [0.29, 0.717) is 30.2 Å². The van der Waals surface area contributed by atoms with Gasteiger partial charge in [0.15, 0.2) is 5.75 Å². The lowest BCUT2D eigenvalue weighted by Gasteiger charge is -2.39. The SMILES string of the molecule is CC1CN(c2c(F)cc3c(=O)c(OC(=O)O)cn4c3c2CC4C)CCN1C. The average molecular weight is 375 g/mol. The molecule has 27 heavy (non-hydrogen) atoms. The first-order valence-electron chi connectivity index (χ1n) is 9.04. The Balaban J connectivity index is 1.91. The van der Waals surface area contributed by atoms with Gasteiger partial charge in [-0.25, -0.2) is 9.18 Å². The largest absolute Gasteiger partial charge is 0.511 e. The van der Waals surface area contributed by atoms with Crippen LogP contribution in [0.5, 0.6) is 5.75 Å². The highest BCUT2D eigenvalue weighted by molar-refractivity contribution is 5.90. The fourth-order valence-corrected chi connectivity index (χ4v) is 4.23. The van der Waals surface area contributed by atoms with Crippen LogP contribution in [0.25, 0.3) is 10.9 Å². The monoisotopic (exact) mass is 375 g/mol. The second-order valence-electron chi connectivity index (χ2n) is 7.51. The van der Waals surface area contributed by atoms with Crippen LogP contribution in [0.15, 0.2) is 17.1 Å². The molecule has 0 spiro atoms. The van der Waals surface area contributed by atoms with E-state index in [1.165, 1.54) is 12.3 Å². The molecule has 0 aliphatic carbocycles. The first kappa shape index (κ1) is 17.8. The summed E-state index contributed by atoms with van der Waals surface area (Å²) in [6, 6.07) is 1.50. The maximum absolute atomic E-state index is 15.1. The molecule has 8 heteroatoms. The summed E-state index contributed by atoms with van der Waals surface area (Å²) in [4.78, 5) is 27.8. The van der Waals surface area contributed by atoms with Crippen molar-refractivity contribution < 1.29 is 19.0 Å². The Labute approximate surface area is 155 Å². The number of halogens is 1. The van der Waals surface area contributed by atoms with Crippen molar-refractivity contribution >= 4 is 22.7 Å². The molecule has 2 aromatic rings. The average Bonchev–Trinajstić information content (AvgIpc) is 2.91. The van der Waals surface area contributed by atoms with Crippen LogP contribution in [0.3, 0.4) is 0 Å². The van der Waals surface area contributed by atoms with E-state index in [9.17, 15) is 9.59 Å². The number of rotatable bonds is 2. The standard InChI is InChI=1S/C19H22FN3O4/c1-10-6-12-16-13(18(24)15(9-23(10)16)27-19(25)26)7-14(20)17(12)22-5-4-21(3)11(2)8-22/h7,9-11H,4-6,8H2,1-3H3,(H,25,26). The predicted molar refractivity (Wildman–Crippen MR) is 99.5 cm³/mol. The summed E-state index contributed by atoms with van der Waals surface area (Å²) in [5.41, 5.74) is 1.45. The van der Waals surface area contributed by atoms with E-state index in [-0.39, 0.29) is 17.2 Å². The third-order valence-electron chi connectivity index (χ3n) is 5.75. The summed E-state index contributed by atoms with van der Waals surface area (Å²) in [6.07, 6.45) is 0.447. The van der Waals surface area contributed by atoms with Gasteiger partial charge in [-0.15, -0.1) is 0 Å². The molecule has 2 atom stereocenters.